The van der Waals surface area contributed by atoms with E-state index in [1.165, 1.54) is 25.0 Å². The van der Waals surface area contributed by atoms with Crippen LogP contribution in [0.5, 0.6) is 5.75 Å². The molecule has 2 rings (SSSR count). The molecule has 1 aliphatic rings. The Kier molecular flexibility index (Phi) is 5.32. The SMILES string of the molecule is O=C(Cc1ccc(OC(F)F)cc1)N1CCCCCC1. The standard InChI is InChI=1S/C15H19F2NO2/c16-15(17)20-13-7-5-12(6-8-13)11-14(19)18-9-3-1-2-4-10-18/h5-8,15H,1-4,9-11H2. The van der Waals surface area contributed by atoms with Gasteiger partial charge >= 0.3 is 6.61 Å². The maximum atomic E-state index is 12.2. The summed E-state index contributed by atoms with van der Waals surface area (Å²) >= 11 is 0. The molecule has 5 heteroatoms. The van der Waals surface area contributed by atoms with Gasteiger partial charge in [0, 0.05) is 13.1 Å². The van der Waals surface area contributed by atoms with Crippen LogP contribution in [0, 0.1) is 0 Å². The zero-order valence-electron chi connectivity index (χ0n) is 11.4. The minimum atomic E-state index is -2.82. The number of rotatable bonds is 4. The molecule has 1 amide bonds. The number of benzene rings is 1. The van der Waals surface area contributed by atoms with Gasteiger partial charge < -0.3 is 9.64 Å². The molecule has 1 aliphatic heterocycles. The van der Waals surface area contributed by atoms with Crippen molar-refractivity contribution in [2.24, 2.45) is 0 Å². The predicted molar refractivity (Wildman–Crippen MR) is 71.8 cm³/mol. The van der Waals surface area contributed by atoms with Crippen molar-refractivity contribution in [2.45, 2.75) is 38.7 Å². The Balaban J connectivity index is 1.90. The Hall–Kier alpha value is -1.65. The number of hydrogen-bond acceptors (Lipinski definition) is 2. The van der Waals surface area contributed by atoms with Gasteiger partial charge in [-0.2, -0.15) is 8.78 Å². The summed E-state index contributed by atoms with van der Waals surface area (Å²) in [4.78, 5) is 14.1. The van der Waals surface area contributed by atoms with Crippen LogP contribution in [0.2, 0.25) is 0 Å². The maximum Gasteiger partial charge on any atom is 0.387 e. The Labute approximate surface area is 117 Å². The molecule has 0 aliphatic carbocycles. The number of hydrogen-bond donors (Lipinski definition) is 0. The Morgan fingerprint density at radius 1 is 1.10 bits per heavy atom. The summed E-state index contributed by atoms with van der Waals surface area (Å²) in [5, 5.41) is 0. The average Bonchev–Trinajstić information content (AvgIpc) is 2.69. The van der Waals surface area contributed by atoms with E-state index < -0.39 is 6.61 Å². The molecule has 1 fully saturated rings. The second-order valence-electron chi connectivity index (χ2n) is 4.99. The second kappa shape index (κ2) is 7.22. The van der Waals surface area contributed by atoms with Gasteiger partial charge in [0.2, 0.25) is 5.91 Å². The molecule has 3 nitrogen and oxygen atoms in total. The number of amides is 1. The summed E-state index contributed by atoms with van der Waals surface area (Å²) in [6.07, 6.45) is 4.81. The number of alkyl halides is 2. The summed E-state index contributed by atoms with van der Waals surface area (Å²) in [6, 6.07) is 6.26. The van der Waals surface area contributed by atoms with Crippen molar-refractivity contribution in [2.75, 3.05) is 13.1 Å². The molecule has 0 atom stereocenters. The quantitative estimate of drug-likeness (QED) is 0.849. The van der Waals surface area contributed by atoms with Crippen LogP contribution in [0.15, 0.2) is 24.3 Å². The first kappa shape index (κ1) is 14.8. The molecular formula is C15H19F2NO2. The van der Waals surface area contributed by atoms with E-state index in [0.29, 0.717) is 6.42 Å². The molecule has 0 bridgehead atoms. The van der Waals surface area contributed by atoms with Crippen LogP contribution in [0.1, 0.15) is 31.2 Å². The first-order valence-corrected chi connectivity index (χ1v) is 6.96. The van der Waals surface area contributed by atoms with Crippen molar-refractivity contribution >= 4 is 5.91 Å². The third-order valence-corrected chi connectivity index (χ3v) is 3.46. The van der Waals surface area contributed by atoms with Crippen molar-refractivity contribution < 1.29 is 18.3 Å². The van der Waals surface area contributed by atoms with Crippen molar-refractivity contribution in [3.63, 3.8) is 0 Å². The van der Waals surface area contributed by atoms with E-state index in [1.807, 2.05) is 4.90 Å². The van der Waals surface area contributed by atoms with Crippen molar-refractivity contribution in [3.8, 4) is 5.75 Å². The summed E-state index contributed by atoms with van der Waals surface area (Å²) in [5.74, 6) is 0.223. The highest BCUT2D eigenvalue weighted by atomic mass is 19.3. The number of nitrogens with zero attached hydrogens (tertiary/aromatic N) is 1. The van der Waals surface area contributed by atoms with E-state index in [2.05, 4.69) is 4.74 Å². The number of likely N-dealkylation sites (tertiary alicyclic amines) is 1. The molecule has 0 N–H and O–H groups in total. The van der Waals surface area contributed by atoms with E-state index in [-0.39, 0.29) is 11.7 Å². The largest absolute Gasteiger partial charge is 0.435 e. The Morgan fingerprint density at radius 2 is 1.70 bits per heavy atom. The molecule has 0 saturated carbocycles. The van der Waals surface area contributed by atoms with Gasteiger partial charge in [0.25, 0.3) is 0 Å². The zero-order valence-corrected chi connectivity index (χ0v) is 11.4. The molecule has 0 spiro atoms. The normalized spacial score (nSPS) is 16.1. The van der Waals surface area contributed by atoms with Gasteiger partial charge in [0.1, 0.15) is 5.75 Å². The van der Waals surface area contributed by atoms with E-state index in [9.17, 15) is 13.6 Å². The summed E-state index contributed by atoms with van der Waals surface area (Å²) in [5.41, 5.74) is 0.820. The second-order valence-corrected chi connectivity index (χ2v) is 4.99. The third-order valence-electron chi connectivity index (χ3n) is 3.46. The molecule has 1 aromatic carbocycles. The average molecular weight is 283 g/mol. The van der Waals surface area contributed by atoms with Gasteiger partial charge in [0.05, 0.1) is 6.42 Å². The Bertz CT molecular complexity index is 426. The summed E-state index contributed by atoms with van der Waals surface area (Å²) in [6.45, 7) is -1.17. The van der Waals surface area contributed by atoms with E-state index >= 15 is 0 Å². The smallest absolute Gasteiger partial charge is 0.387 e. The van der Waals surface area contributed by atoms with Crippen molar-refractivity contribution in [1.82, 2.24) is 4.90 Å². The Morgan fingerprint density at radius 3 is 2.25 bits per heavy atom. The van der Waals surface area contributed by atoms with Gasteiger partial charge in [-0.3, -0.25) is 4.79 Å². The van der Waals surface area contributed by atoms with E-state index in [0.717, 1.165) is 31.5 Å². The maximum absolute atomic E-state index is 12.2. The number of ether oxygens (including phenoxy) is 1. The van der Waals surface area contributed by atoms with Crippen LogP contribution < -0.4 is 4.74 Å². The summed E-state index contributed by atoms with van der Waals surface area (Å²) in [7, 11) is 0. The van der Waals surface area contributed by atoms with Crippen LogP contribution in [0.3, 0.4) is 0 Å². The fourth-order valence-electron chi connectivity index (χ4n) is 2.40. The molecule has 1 heterocycles. The lowest BCUT2D eigenvalue weighted by Crippen LogP contribution is -2.33. The molecule has 1 saturated heterocycles. The van der Waals surface area contributed by atoms with E-state index in [1.54, 1.807) is 12.1 Å². The highest BCUT2D eigenvalue weighted by molar-refractivity contribution is 5.78. The number of halogens is 2. The zero-order chi connectivity index (χ0) is 14.4. The lowest BCUT2D eigenvalue weighted by Gasteiger charge is -2.20. The highest BCUT2D eigenvalue weighted by Gasteiger charge is 2.15. The fraction of sp³-hybridized carbons (Fsp3) is 0.533. The monoisotopic (exact) mass is 283 g/mol. The van der Waals surface area contributed by atoms with Crippen LogP contribution in [0.4, 0.5) is 8.78 Å². The lowest BCUT2D eigenvalue weighted by atomic mass is 10.1. The minimum absolute atomic E-state index is 0.106. The fourth-order valence-corrected chi connectivity index (χ4v) is 2.40. The predicted octanol–water partition coefficient (Wildman–Crippen LogP) is 3.23. The van der Waals surface area contributed by atoms with Crippen LogP contribution in [-0.2, 0) is 11.2 Å². The molecule has 0 unspecified atom stereocenters. The molecule has 0 radical (unpaired) electrons. The molecule has 110 valence electrons. The van der Waals surface area contributed by atoms with Crippen LogP contribution in [0.25, 0.3) is 0 Å². The van der Waals surface area contributed by atoms with Gasteiger partial charge in [0.15, 0.2) is 0 Å². The lowest BCUT2D eigenvalue weighted by molar-refractivity contribution is -0.130. The van der Waals surface area contributed by atoms with Crippen LogP contribution >= 0.6 is 0 Å². The minimum Gasteiger partial charge on any atom is -0.435 e. The highest BCUT2D eigenvalue weighted by Crippen LogP contribution is 2.16. The summed E-state index contributed by atoms with van der Waals surface area (Å²) < 4.78 is 28.3. The van der Waals surface area contributed by atoms with Gasteiger partial charge in [-0.25, -0.2) is 0 Å². The number of carbonyl (C=O) groups is 1. The van der Waals surface area contributed by atoms with Crippen LogP contribution in [-0.4, -0.2) is 30.5 Å². The van der Waals surface area contributed by atoms with Crippen molar-refractivity contribution in [3.05, 3.63) is 29.8 Å². The first-order chi connectivity index (χ1) is 9.65. The first-order valence-electron chi connectivity index (χ1n) is 6.96. The van der Waals surface area contributed by atoms with Crippen molar-refractivity contribution in [1.29, 1.82) is 0 Å². The van der Waals surface area contributed by atoms with E-state index in [4.69, 9.17) is 0 Å². The van der Waals surface area contributed by atoms with Gasteiger partial charge in [-0.1, -0.05) is 25.0 Å². The van der Waals surface area contributed by atoms with Gasteiger partial charge in [-0.05, 0) is 30.5 Å². The number of carbonyl (C=O) groups excluding carboxylic acids is 1. The van der Waals surface area contributed by atoms with Gasteiger partial charge in [-0.15, -0.1) is 0 Å². The molecule has 0 aromatic heterocycles. The topological polar surface area (TPSA) is 29.5 Å². The molecular weight excluding hydrogens is 264 g/mol. The molecule has 1 aromatic rings. The third kappa shape index (κ3) is 4.47. The molecule has 20 heavy (non-hydrogen) atoms.